The molecule has 0 saturated heterocycles. The molecule has 2 heterocycles. The van der Waals surface area contributed by atoms with E-state index in [1.807, 2.05) is 29.8 Å². The van der Waals surface area contributed by atoms with Crippen LogP contribution in [0.4, 0.5) is 0 Å². The zero-order chi connectivity index (χ0) is 10.1. The largest absolute Gasteiger partial charge is 0.443 e. The van der Waals surface area contributed by atoms with E-state index in [1.54, 1.807) is 6.07 Å². The van der Waals surface area contributed by atoms with Gasteiger partial charge in [0.2, 0.25) is 0 Å². The van der Waals surface area contributed by atoms with Crippen LogP contribution in [0.2, 0.25) is 5.22 Å². The van der Waals surface area contributed by atoms with Gasteiger partial charge >= 0.3 is 0 Å². The molecule has 0 saturated carbocycles. The summed E-state index contributed by atoms with van der Waals surface area (Å²) in [5.74, 6) is 0.761. The van der Waals surface area contributed by atoms with Crippen molar-refractivity contribution in [2.45, 2.75) is 6.54 Å². The maximum absolute atomic E-state index is 5.70. The van der Waals surface area contributed by atoms with Crippen LogP contribution in [-0.4, -0.2) is 4.57 Å². The first-order valence-electron chi connectivity index (χ1n) is 4.32. The molecular formula is C10H11ClN2O. The number of nitrogens with two attached hydrogens (primary N) is 1. The van der Waals surface area contributed by atoms with Gasteiger partial charge in [-0.3, -0.25) is 0 Å². The third-order valence-corrected chi connectivity index (χ3v) is 2.46. The summed E-state index contributed by atoms with van der Waals surface area (Å²) in [6.07, 6.45) is 0. The molecule has 14 heavy (non-hydrogen) atoms. The molecule has 0 aliphatic heterocycles. The highest BCUT2D eigenvalue weighted by molar-refractivity contribution is 6.28. The Bertz CT molecular complexity index is 445. The molecule has 0 radical (unpaired) electrons. The molecule has 2 aromatic heterocycles. The van der Waals surface area contributed by atoms with Gasteiger partial charge < -0.3 is 14.7 Å². The van der Waals surface area contributed by atoms with Gasteiger partial charge in [0, 0.05) is 19.3 Å². The van der Waals surface area contributed by atoms with E-state index in [0.29, 0.717) is 11.8 Å². The summed E-state index contributed by atoms with van der Waals surface area (Å²) in [5, 5.41) is 0.399. The number of nitrogens with zero attached hydrogens (tertiary/aromatic N) is 1. The molecule has 0 aromatic carbocycles. The number of furan rings is 1. The van der Waals surface area contributed by atoms with E-state index in [0.717, 1.165) is 17.1 Å². The molecule has 0 aliphatic carbocycles. The van der Waals surface area contributed by atoms with E-state index < -0.39 is 0 Å². The fraction of sp³-hybridized carbons (Fsp3) is 0.200. The second kappa shape index (κ2) is 3.52. The highest BCUT2D eigenvalue weighted by Gasteiger charge is 2.08. The van der Waals surface area contributed by atoms with Crippen molar-refractivity contribution >= 4 is 11.6 Å². The predicted molar refractivity (Wildman–Crippen MR) is 56.0 cm³/mol. The maximum atomic E-state index is 5.70. The van der Waals surface area contributed by atoms with E-state index in [1.165, 1.54) is 0 Å². The summed E-state index contributed by atoms with van der Waals surface area (Å²) < 4.78 is 7.31. The van der Waals surface area contributed by atoms with Crippen LogP contribution in [0.25, 0.3) is 11.5 Å². The molecule has 0 bridgehead atoms. The Balaban J connectivity index is 2.46. The van der Waals surface area contributed by atoms with Crippen molar-refractivity contribution in [1.29, 1.82) is 0 Å². The molecule has 0 aliphatic rings. The molecule has 3 nitrogen and oxygen atoms in total. The first kappa shape index (κ1) is 9.37. The minimum Gasteiger partial charge on any atom is -0.443 e. The summed E-state index contributed by atoms with van der Waals surface area (Å²) in [4.78, 5) is 0. The number of rotatable bonds is 2. The second-order valence-electron chi connectivity index (χ2n) is 3.08. The van der Waals surface area contributed by atoms with Crippen LogP contribution in [0.15, 0.2) is 28.7 Å². The Hall–Kier alpha value is -1.19. The van der Waals surface area contributed by atoms with Crippen molar-refractivity contribution < 1.29 is 4.42 Å². The average Bonchev–Trinajstić information content (AvgIpc) is 2.72. The molecule has 0 unspecified atom stereocenters. The Morgan fingerprint density at radius 1 is 1.36 bits per heavy atom. The lowest BCUT2D eigenvalue weighted by Gasteiger charge is -2.03. The lowest BCUT2D eigenvalue weighted by molar-refractivity contribution is 0.578. The van der Waals surface area contributed by atoms with Crippen LogP contribution in [0, 0.1) is 0 Å². The minimum absolute atomic E-state index is 0.399. The van der Waals surface area contributed by atoms with Gasteiger partial charge in [-0.2, -0.15) is 0 Å². The molecule has 4 heteroatoms. The van der Waals surface area contributed by atoms with Crippen molar-refractivity contribution in [3.05, 3.63) is 35.2 Å². The predicted octanol–water partition coefficient (Wildman–Crippen LogP) is 2.40. The summed E-state index contributed by atoms with van der Waals surface area (Å²) in [7, 11) is 1.95. The molecule has 0 fully saturated rings. The molecule has 74 valence electrons. The second-order valence-corrected chi connectivity index (χ2v) is 3.45. The smallest absolute Gasteiger partial charge is 0.194 e. The first-order valence-corrected chi connectivity index (χ1v) is 4.70. The Kier molecular flexibility index (Phi) is 2.35. The Morgan fingerprint density at radius 3 is 2.64 bits per heavy atom. The number of hydrogen-bond acceptors (Lipinski definition) is 2. The number of hydrogen-bond donors (Lipinski definition) is 1. The standard InChI is InChI=1S/C10H11ClN2O/c1-13-7(6-12)2-3-8(13)9-4-5-10(11)14-9/h2-5H,6,12H2,1H3. The van der Waals surface area contributed by atoms with Crippen LogP contribution in [0.3, 0.4) is 0 Å². The van der Waals surface area contributed by atoms with E-state index in [-0.39, 0.29) is 0 Å². The fourth-order valence-electron chi connectivity index (χ4n) is 1.46. The van der Waals surface area contributed by atoms with Crippen LogP contribution >= 0.6 is 11.6 Å². The van der Waals surface area contributed by atoms with Gasteiger partial charge in [-0.05, 0) is 35.9 Å². The molecule has 2 rings (SSSR count). The van der Waals surface area contributed by atoms with Gasteiger partial charge in [0.1, 0.15) is 0 Å². The van der Waals surface area contributed by atoms with Crippen molar-refractivity contribution in [2.24, 2.45) is 12.8 Å². The lowest BCUT2D eigenvalue weighted by Crippen LogP contribution is -2.03. The quantitative estimate of drug-likeness (QED) is 0.827. The van der Waals surface area contributed by atoms with E-state index >= 15 is 0 Å². The maximum Gasteiger partial charge on any atom is 0.194 e. The highest BCUT2D eigenvalue weighted by Crippen LogP contribution is 2.25. The third-order valence-electron chi connectivity index (χ3n) is 2.26. The summed E-state index contributed by atoms with van der Waals surface area (Å²) in [6.45, 7) is 0.519. The summed E-state index contributed by atoms with van der Waals surface area (Å²) >= 11 is 5.70. The molecule has 2 aromatic rings. The zero-order valence-corrected chi connectivity index (χ0v) is 8.58. The van der Waals surface area contributed by atoms with Crippen LogP contribution < -0.4 is 5.73 Å². The summed E-state index contributed by atoms with van der Waals surface area (Å²) in [5.41, 5.74) is 7.62. The van der Waals surface area contributed by atoms with Crippen molar-refractivity contribution in [1.82, 2.24) is 4.57 Å². The molecular weight excluding hydrogens is 200 g/mol. The Labute approximate surface area is 87.1 Å². The topological polar surface area (TPSA) is 44.1 Å². The number of halogens is 1. The van der Waals surface area contributed by atoms with Crippen LogP contribution in [-0.2, 0) is 13.6 Å². The summed E-state index contributed by atoms with van der Waals surface area (Å²) in [6, 6.07) is 7.52. The molecule has 0 atom stereocenters. The van der Waals surface area contributed by atoms with Gasteiger partial charge in [0.05, 0.1) is 5.69 Å². The third kappa shape index (κ3) is 1.45. The van der Waals surface area contributed by atoms with Crippen molar-refractivity contribution in [3.63, 3.8) is 0 Å². The molecule has 0 spiro atoms. The minimum atomic E-state index is 0.399. The lowest BCUT2D eigenvalue weighted by atomic mass is 10.3. The van der Waals surface area contributed by atoms with E-state index in [2.05, 4.69) is 0 Å². The van der Waals surface area contributed by atoms with Gasteiger partial charge in [-0.15, -0.1) is 0 Å². The monoisotopic (exact) mass is 210 g/mol. The van der Waals surface area contributed by atoms with Crippen LogP contribution in [0.1, 0.15) is 5.69 Å². The zero-order valence-electron chi connectivity index (χ0n) is 7.83. The van der Waals surface area contributed by atoms with E-state index in [9.17, 15) is 0 Å². The molecule has 0 amide bonds. The van der Waals surface area contributed by atoms with Crippen molar-refractivity contribution in [3.8, 4) is 11.5 Å². The van der Waals surface area contributed by atoms with Gasteiger partial charge in [0.15, 0.2) is 11.0 Å². The van der Waals surface area contributed by atoms with Gasteiger partial charge in [0.25, 0.3) is 0 Å². The fourth-order valence-corrected chi connectivity index (χ4v) is 1.60. The van der Waals surface area contributed by atoms with Gasteiger partial charge in [-0.25, -0.2) is 0 Å². The van der Waals surface area contributed by atoms with Crippen LogP contribution in [0.5, 0.6) is 0 Å². The van der Waals surface area contributed by atoms with Gasteiger partial charge in [-0.1, -0.05) is 0 Å². The first-order chi connectivity index (χ1) is 6.72. The van der Waals surface area contributed by atoms with E-state index in [4.69, 9.17) is 21.8 Å². The molecule has 2 N–H and O–H groups in total. The SMILES string of the molecule is Cn1c(CN)ccc1-c1ccc(Cl)o1. The highest BCUT2D eigenvalue weighted by atomic mass is 35.5. The van der Waals surface area contributed by atoms with Crippen molar-refractivity contribution in [2.75, 3.05) is 0 Å². The number of aromatic nitrogens is 1. The average molecular weight is 211 g/mol. The Morgan fingerprint density at radius 2 is 2.14 bits per heavy atom. The normalized spacial score (nSPS) is 10.8.